The summed E-state index contributed by atoms with van der Waals surface area (Å²) >= 11 is 0. The van der Waals surface area contributed by atoms with Gasteiger partial charge in [0.25, 0.3) is 0 Å². The Kier molecular flexibility index (Phi) is 10.1. The van der Waals surface area contributed by atoms with Crippen LogP contribution in [0.1, 0.15) is 48.8 Å². The third kappa shape index (κ3) is 6.67. The minimum Gasteiger partial charge on any atom is -0.497 e. The van der Waals surface area contributed by atoms with Crippen LogP contribution in [0.25, 0.3) is 0 Å². The molecule has 39 heavy (non-hydrogen) atoms. The molecule has 4 rings (SSSR count). The van der Waals surface area contributed by atoms with Crippen LogP contribution in [-0.4, -0.2) is 52.7 Å². The Morgan fingerprint density at radius 1 is 0.846 bits per heavy atom. The van der Waals surface area contributed by atoms with E-state index >= 15 is 0 Å². The van der Waals surface area contributed by atoms with Crippen LogP contribution in [0.4, 0.5) is 0 Å². The molecule has 7 heteroatoms. The molecule has 210 valence electrons. The number of aliphatic hydroxyl groups excluding tert-OH is 1. The van der Waals surface area contributed by atoms with Gasteiger partial charge < -0.3 is 33.5 Å². The van der Waals surface area contributed by atoms with Gasteiger partial charge in [0, 0.05) is 26.2 Å². The molecule has 0 amide bonds. The fraction of sp³-hybridized carbons (Fsp3) is 0.438. The first-order chi connectivity index (χ1) is 19.0. The van der Waals surface area contributed by atoms with Crippen molar-refractivity contribution in [3.05, 3.63) is 83.4 Å². The largest absolute Gasteiger partial charge is 0.497 e. The number of hydrogen-bond acceptors (Lipinski definition) is 7. The Balaban J connectivity index is 1.55. The van der Waals surface area contributed by atoms with E-state index in [1.807, 2.05) is 36.4 Å². The summed E-state index contributed by atoms with van der Waals surface area (Å²) in [5.41, 5.74) is 3.13. The number of hydrogen-bond donors (Lipinski definition) is 1. The van der Waals surface area contributed by atoms with Crippen LogP contribution in [0.15, 0.2) is 66.7 Å². The van der Waals surface area contributed by atoms with E-state index in [2.05, 4.69) is 37.3 Å². The standard InChI is InChI=1S/C32H40O7/c1-32(24-11-15-26(16-12-24)38-22-34-2)29(28-18-17-27(35-3)21-30(28)39-31(32)36-4)8-6-5-7-23-9-13-25(14-10-23)37-20-19-33/h9-18,21,29,31,33H,5-8,19-20,22H2,1-4H3. The van der Waals surface area contributed by atoms with Crippen LogP contribution in [-0.2, 0) is 21.3 Å². The van der Waals surface area contributed by atoms with E-state index in [1.165, 1.54) is 5.56 Å². The molecule has 1 aliphatic heterocycles. The maximum atomic E-state index is 8.95. The van der Waals surface area contributed by atoms with E-state index in [1.54, 1.807) is 21.3 Å². The lowest BCUT2D eigenvalue weighted by molar-refractivity contribution is -0.123. The molecule has 0 radical (unpaired) electrons. The average Bonchev–Trinajstić information content (AvgIpc) is 2.98. The number of aliphatic hydroxyl groups is 1. The molecule has 7 nitrogen and oxygen atoms in total. The van der Waals surface area contributed by atoms with Crippen LogP contribution in [0.5, 0.6) is 23.0 Å². The van der Waals surface area contributed by atoms with Crippen molar-refractivity contribution >= 4 is 0 Å². The predicted octanol–water partition coefficient (Wildman–Crippen LogP) is 5.87. The van der Waals surface area contributed by atoms with E-state index in [0.29, 0.717) is 6.61 Å². The van der Waals surface area contributed by atoms with E-state index in [4.69, 9.17) is 33.5 Å². The highest BCUT2D eigenvalue weighted by molar-refractivity contribution is 5.49. The van der Waals surface area contributed by atoms with Crippen LogP contribution in [0, 0.1) is 0 Å². The fourth-order valence-corrected chi connectivity index (χ4v) is 5.47. The van der Waals surface area contributed by atoms with Gasteiger partial charge in [0.1, 0.15) is 29.6 Å². The van der Waals surface area contributed by atoms with Crippen molar-refractivity contribution in [2.75, 3.05) is 41.3 Å². The zero-order valence-corrected chi connectivity index (χ0v) is 23.4. The van der Waals surface area contributed by atoms with Gasteiger partial charge in [0.05, 0.1) is 19.1 Å². The highest BCUT2D eigenvalue weighted by Gasteiger charge is 2.49. The predicted molar refractivity (Wildman–Crippen MR) is 150 cm³/mol. The van der Waals surface area contributed by atoms with Gasteiger partial charge in [-0.25, -0.2) is 0 Å². The minimum absolute atomic E-state index is 0.0124. The fourth-order valence-electron chi connectivity index (χ4n) is 5.47. The summed E-state index contributed by atoms with van der Waals surface area (Å²) in [6.45, 7) is 2.76. The van der Waals surface area contributed by atoms with E-state index in [0.717, 1.165) is 59.8 Å². The molecular formula is C32H40O7. The average molecular weight is 537 g/mol. The van der Waals surface area contributed by atoms with E-state index in [9.17, 15) is 0 Å². The van der Waals surface area contributed by atoms with Gasteiger partial charge in [0.2, 0.25) is 6.29 Å². The second kappa shape index (κ2) is 13.7. The van der Waals surface area contributed by atoms with Gasteiger partial charge in [-0.2, -0.15) is 0 Å². The number of unbranched alkanes of at least 4 members (excludes halogenated alkanes) is 1. The normalized spacial score (nSPS) is 20.1. The van der Waals surface area contributed by atoms with Crippen molar-refractivity contribution in [3.8, 4) is 23.0 Å². The first-order valence-corrected chi connectivity index (χ1v) is 13.5. The zero-order chi connectivity index (χ0) is 27.7. The summed E-state index contributed by atoms with van der Waals surface area (Å²) in [5, 5.41) is 8.95. The molecule has 0 fully saturated rings. The zero-order valence-electron chi connectivity index (χ0n) is 23.4. The molecule has 3 unspecified atom stereocenters. The molecule has 1 heterocycles. The van der Waals surface area contributed by atoms with Crippen molar-refractivity contribution < 1.29 is 33.5 Å². The second-order valence-electron chi connectivity index (χ2n) is 9.96. The molecule has 3 atom stereocenters. The van der Waals surface area contributed by atoms with Gasteiger partial charge in [0.15, 0.2) is 6.79 Å². The molecule has 3 aromatic rings. The van der Waals surface area contributed by atoms with Crippen molar-refractivity contribution in [2.24, 2.45) is 0 Å². The molecule has 0 saturated carbocycles. The quantitative estimate of drug-likeness (QED) is 0.204. The second-order valence-corrected chi connectivity index (χ2v) is 9.96. The maximum absolute atomic E-state index is 8.95. The summed E-state index contributed by atoms with van der Waals surface area (Å²) in [4.78, 5) is 0. The van der Waals surface area contributed by atoms with Crippen molar-refractivity contribution in [1.82, 2.24) is 0 Å². The number of rotatable bonds is 14. The van der Waals surface area contributed by atoms with Gasteiger partial charge in [-0.15, -0.1) is 0 Å². The smallest absolute Gasteiger partial charge is 0.209 e. The number of methoxy groups -OCH3 is 3. The first kappa shape index (κ1) is 28.7. The van der Waals surface area contributed by atoms with Crippen LogP contribution < -0.4 is 18.9 Å². The lowest BCUT2D eigenvalue weighted by Crippen LogP contribution is -2.49. The molecule has 0 aliphatic carbocycles. The number of aryl methyl sites for hydroxylation is 1. The number of fused-ring (bicyclic) bond motifs is 1. The molecule has 0 bridgehead atoms. The highest BCUT2D eigenvalue weighted by atomic mass is 16.7. The molecule has 0 aromatic heterocycles. The van der Waals surface area contributed by atoms with Gasteiger partial charge in [-0.05, 0) is 73.2 Å². The van der Waals surface area contributed by atoms with Crippen molar-refractivity contribution in [3.63, 3.8) is 0 Å². The van der Waals surface area contributed by atoms with Gasteiger partial charge >= 0.3 is 0 Å². The van der Waals surface area contributed by atoms with Gasteiger partial charge in [-0.3, -0.25) is 0 Å². The summed E-state index contributed by atoms with van der Waals surface area (Å²) < 4.78 is 34.1. The lowest BCUT2D eigenvalue weighted by Gasteiger charge is -2.47. The lowest BCUT2D eigenvalue weighted by atomic mass is 9.65. The molecule has 1 N–H and O–H groups in total. The summed E-state index contributed by atoms with van der Waals surface area (Å²) in [7, 11) is 4.98. The maximum Gasteiger partial charge on any atom is 0.209 e. The van der Waals surface area contributed by atoms with E-state index < -0.39 is 11.7 Å². The van der Waals surface area contributed by atoms with Crippen molar-refractivity contribution in [2.45, 2.75) is 50.2 Å². The van der Waals surface area contributed by atoms with Crippen LogP contribution in [0.2, 0.25) is 0 Å². The number of benzene rings is 3. The summed E-state index contributed by atoms with van der Waals surface area (Å²) in [5.74, 6) is 3.27. The van der Waals surface area contributed by atoms with E-state index in [-0.39, 0.29) is 19.3 Å². The Labute approximate surface area is 231 Å². The van der Waals surface area contributed by atoms with Gasteiger partial charge in [-0.1, -0.05) is 36.8 Å². The minimum atomic E-state index is -0.473. The monoisotopic (exact) mass is 536 g/mol. The number of ether oxygens (including phenoxy) is 6. The first-order valence-electron chi connectivity index (χ1n) is 13.5. The molecule has 3 aromatic carbocycles. The third-order valence-corrected chi connectivity index (χ3v) is 7.57. The molecule has 1 aliphatic rings. The van der Waals surface area contributed by atoms with Crippen molar-refractivity contribution in [1.29, 1.82) is 0 Å². The highest BCUT2D eigenvalue weighted by Crippen LogP contribution is 2.53. The SMILES string of the molecule is COCOc1ccc(C2(C)C(OC)Oc3cc(OC)ccc3C2CCCCc2ccc(OCCO)cc2)cc1. The Morgan fingerprint density at radius 2 is 1.54 bits per heavy atom. The summed E-state index contributed by atoms with van der Waals surface area (Å²) in [6, 6.07) is 22.4. The molecule has 0 saturated heterocycles. The van der Waals surface area contributed by atoms with Crippen LogP contribution >= 0.6 is 0 Å². The molecule has 0 spiro atoms. The van der Waals surface area contributed by atoms with Crippen LogP contribution in [0.3, 0.4) is 0 Å². The Bertz CT molecular complexity index is 1160. The summed E-state index contributed by atoms with van der Waals surface area (Å²) in [6.07, 6.45) is 3.57. The Morgan fingerprint density at radius 3 is 2.21 bits per heavy atom. The molecular weight excluding hydrogens is 496 g/mol. The Hall–Kier alpha value is -3.26. The topological polar surface area (TPSA) is 75.6 Å². The third-order valence-electron chi connectivity index (χ3n) is 7.57.